The van der Waals surface area contributed by atoms with E-state index in [0.29, 0.717) is 19.0 Å². The minimum atomic E-state index is -0.477. The Bertz CT molecular complexity index is 1060. The van der Waals surface area contributed by atoms with E-state index in [1.54, 1.807) is 13.8 Å². The third-order valence-electron chi connectivity index (χ3n) is 4.33. The highest BCUT2D eigenvalue weighted by Gasteiger charge is 2.38. The number of likely N-dealkylation sites (N-methyl/N-ethyl adjacent to an activating group) is 2. The molecule has 0 aliphatic carbocycles. The lowest BCUT2D eigenvalue weighted by Crippen LogP contribution is -2.55. The van der Waals surface area contributed by atoms with Crippen LogP contribution in [0.1, 0.15) is 19.7 Å². The second-order valence-electron chi connectivity index (χ2n) is 5.99. The van der Waals surface area contributed by atoms with E-state index in [9.17, 15) is 9.59 Å². The molecule has 3 heterocycles. The van der Waals surface area contributed by atoms with Gasteiger partial charge in [-0.3, -0.25) is 19.4 Å². The molecule has 0 saturated carbocycles. The summed E-state index contributed by atoms with van der Waals surface area (Å²) in [7, 11) is 0. The molecule has 3 aromatic rings. The number of nitrogens with zero attached hydrogens (tertiary/aromatic N) is 4. The Morgan fingerprint density at radius 3 is 2.14 bits per heavy atom. The highest BCUT2D eigenvalue weighted by Crippen LogP contribution is 2.26. The van der Waals surface area contributed by atoms with Crippen LogP contribution in [0.5, 0.6) is 0 Å². The number of rotatable bonds is 4. The van der Waals surface area contributed by atoms with Gasteiger partial charge in [-0.2, -0.15) is 9.97 Å². The summed E-state index contributed by atoms with van der Waals surface area (Å²) in [6, 6.07) is 9.34. The Balaban J connectivity index is 1.70. The molecule has 0 unspecified atom stereocenters. The average Bonchev–Trinajstić information content (AvgIpc) is 3.25. The van der Waals surface area contributed by atoms with Crippen molar-refractivity contribution in [2.75, 3.05) is 13.1 Å². The minimum absolute atomic E-state index is 0.0653. The number of thiocarbonyl (C=S) groups is 1. The predicted octanol–water partition coefficient (Wildman–Crippen LogP) is 2.86. The number of fused-ring (bicyclic) bond motifs is 1. The predicted molar refractivity (Wildman–Crippen MR) is 105 cm³/mol. The number of hydrogen-bond acceptors (Lipinski definition) is 7. The molecule has 0 N–H and O–H groups in total. The third-order valence-corrected chi connectivity index (χ3v) is 4.77. The van der Waals surface area contributed by atoms with Gasteiger partial charge in [0.15, 0.2) is 5.11 Å². The highest BCUT2D eigenvalue weighted by molar-refractivity contribution is 7.80. The molecule has 4 rings (SSSR count). The lowest BCUT2D eigenvalue weighted by atomic mass is 10.1. The summed E-state index contributed by atoms with van der Waals surface area (Å²) in [4.78, 5) is 36.5. The summed E-state index contributed by atoms with van der Waals surface area (Å²) in [6.07, 6.45) is 1.30. The first-order chi connectivity index (χ1) is 13.5. The zero-order valence-corrected chi connectivity index (χ0v) is 16.0. The topological polar surface area (TPSA) is 92.7 Å². The number of carbonyl (C=O) groups excluding carboxylic acids is 2. The number of hydrogen-bond donors (Lipinski definition) is 0. The monoisotopic (exact) mass is 396 g/mol. The maximum Gasteiger partial charge on any atom is 0.288 e. The SMILES string of the molecule is CCN1C(=O)C(=Cc2nc3oc(-c4ccccc4)nc3o2)C(=O)N(CC)C1=S. The number of aromatic nitrogens is 2. The van der Waals surface area contributed by atoms with Gasteiger partial charge in [0.1, 0.15) is 5.57 Å². The molecule has 0 radical (unpaired) electrons. The Kier molecular flexibility index (Phi) is 4.52. The molecule has 1 aliphatic heterocycles. The van der Waals surface area contributed by atoms with Crippen LogP contribution in [0.4, 0.5) is 0 Å². The summed E-state index contributed by atoms with van der Waals surface area (Å²) in [5.41, 5.74) is 1.11. The largest absolute Gasteiger partial charge is 0.415 e. The van der Waals surface area contributed by atoms with Crippen LogP contribution in [0.25, 0.3) is 29.0 Å². The quantitative estimate of drug-likeness (QED) is 0.380. The van der Waals surface area contributed by atoms with Crippen LogP contribution in [0.2, 0.25) is 0 Å². The van der Waals surface area contributed by atoms with Crippen molar-refractivity contribution in [1.29, 1.82) is 0 Å². The second kappa shape index (κ2) is 7.01. The Labute approximate surface area is 165 Å². The fraction of sp³-hybridized carbons (Fsp3) is 0.211. The molecule has 9 heteroatoms. The van der Waals surface area contributed by atoms with Crippen molar-refractivity contribution in [2.24, 2.45) is 0 Å². The highest BCUT2D eigenvalue weighted by atomic mass is 32.1. The molecule has 1 aromatic carbocycles. The first kappa shape index (κ1) is 18.1. The molecule has 0 atom stereocenters. The van der Waals surface area contributed by atoms with Gasteiger partial charge in [-0.25, -0.2) is 0 Å². The molecule has 1 aliphatic rings. The van der Waals surface area contributed by atoms with Gasteiger partial charge in [0.25, 0.3) is 23.2 Å². The first-order valence-corrected chi connectivity index (χ1v) is 9.16. The van der Waals surface area contributed by atoms with Gasteiger partial charge < -0.3 is 8.83 Å². The molecule has 28 heavy (non-hydrogen) atoms. The minimum Gasteiger partial charge on any atom is -0.415 e. The molecule has 1 fully saturated rings. The molecule has 2 aromatic heterocycles. The van der Waals surface area contributed by atoms with Crippen molar-refractivity contribution < 1.29 is 18.4 Å². The van der Waals surface area contributed by atoms with Gasteiger partial charge in [0, 0.05) is 24.7 Å². The van der Waals surface area contributed by atoms with Crippen LogP contribution >= 0.6 is 12.2 Å². The zero-order valence-electron chi connectivity index (χ0n) is 15.2. The summed E-state index contributed by atoms with van der Waals surface area (Å²) < 4.78 is 11.2. The van der Waals surface area contributed by atoms with Crippen LogP contribution in [-0.4, -0.2) is 49.8 Å². The normalized spacial score (nSPS) is 15.1. The lowest BCUT2D eigenvalue weighted by molar-refractivity contribution is -0.133. The van der Waals surface area contributed by atoms with Crippen LogP contribution in [-0.2, 0) is 9.59 Å². The van der Waals surface area contributed by atoms with Crippen molar-refractivity contribution >= 4 is 46.6 Å². The van der Waals surface area contributed by atoms with E-state index in [1.807, 2.05) is 30.3 Å². The van der Waals surface area contributed by atoms with Crippen molar-refractivity contribution in [3.05, 3.63) is 41.8 Å². The molecular weight excluding hydrogens is 380 g/mol. The van der Waals surface area contributed by atoms with Crippen molar-refractivity contribution in [3.63, 3.8) is 0 Å². The van der Waals surface area contributed by atoms with E-state index >= 15 is 0 Å². The standard InChI is InChI=1S/C19H16N4O4S/c1-3-22-17(24)12(18(25)23(4-2)19(22)28)10-13-20-15-16(26-13)21-14(27-15)11-8-6-5-7-9-11/h5-10H,3-4H2,1-2H3. The van der Waals surface area contributed by atoms with Crippen LogP contribution in [0, 0.1) is 0 Å². The zero-order chi connectivity index (χ0) is 19.8. The van der Waals surface area contributed by atoms with Crippen LogP contribution < -0.4 is 0 Å². The van der Waals surface area contributed by atoms with Crippen molar-refractivity contribution in [1.82, 2.24) is 19.8 Å². The van der Waals surface area contributed by atoms with Gasteiger partial charge in [0.2, 0.25) is 11.8 Å². The van der Waals surface area contributed by atoms with Gasteiger partial charge in [-0.1, -0.05) is 18.2 Å². The molecule has 1 saturated heterocycles. The van der Waals surface area contributed by atoms with Crippen molar-refractivity contribution in [2.45, 2.75) is 13.8 Å². The fourth-order valence-corrected chi connectivity index (χ4v) is 3.35. The van der Waals surface area contributed by atoms with Gasteiger partial charge in [-0.15, -0.1) is 0 Å². The fourth-order valence-electron chi connectivity index (χ4n) is 2.93. The Hall–Kier alpha value is -3.33. The van der Waals surface area contributed by atoms with Crippen LogP contribution in [0.15, 0.2) is 44.7 Å². The molecule has 0 bridgehead atoms. The maximum absolute atomic E-state index is 12.6. The molecule has 0 spiro atoms. The molecule has 2 amide bonds. The number of benzene rings is 1. The maximum atomic E-state index is 12.6. The summed E-state index contributed by atoms with van der Waals surface area (Å²) in [5, 5.41) is 0.201. The molecular formula is C19H16N4O4S. The lowest BCUT2D eigenvalue weighted by Gasteiger charge is -2.35. The van der Waals surface area contributed by atoms with Gasteiger partial charge in [-0.05, 0) is 38.2 Å². The van der Waals surface area contributed by atoms with Gasteiger partial charge in [0.05, 0.1) is 0 Å². The van der Waals surface area contributed by atoms with E-state index in [0.717, 1.165) is 5.56 Å². The van der Waals surface area contributed by atoms with E-state index in [2.05, 4.69) is 9.97 Å². The van der Waals surface area contributed by atoms with Crippen molar-refractivity contribution in [3.8, 4) is 11.5 Å². The van der Waals surface area contributed by atoms with E-state index < -0.39 is 11.8 Å². The van der Waals surface area contributed by atoms with Gasteiger partial charge >= 0.3 is 0 Å². The Morgan fingerprint density at radius 2 is 1.57 bits per heavy atom. The van der Waals surface area contributed by atoms with Crippen LogP contribution in [0.3, 0.4) is 0 Å². The third kappa shape index (κ3) is 2.89. The van der Waals surface area contributed by atoms with E-state index in [4.69, 9.17) is 21.1 Å². The molecule has 142 valence electrons. The van der Waals surface area contributed by atoms with E-state index in [-0.39, 0.29) is 28.0 Å². The first-order valence-electron chi connectivity index (χ1n) is 8.75. The number of carbonyl (C=O) groups is 2. The molecule has 8 nitrogen and oxygen atoms in total. The summed E-state index contributed by atoms with van der Waals surface area (Å²) in [5.74, 6) is -0.507. The number of oxazole rings is 2. The smallest absolute Gasteiger partial charge is 0.288 e. The average molecular weight is 396 g/mol. The summed E-state index contributed by atoms with van der Waals surface area (Å²) >= 11 is 5.24. The number of amides is 2. The summed E-state index contributed by atoms with van der Waals surface area (Å²) in [6.45, 7) is 4.29. The Morgan fingerprint density at radius 1 is 0.964 bits per heavy atom. The second-order valence-corrected chi connectivity index (χ2v) is 6.35. The van der Waals surface area contributed by atoms with E-state index in [1.165, 1.54) is 15.9 Å².